The molecule has 4 rings (SSSR count). The van der Waals surface area contributed by atoms with Gasteiger partial charge in [-0.05, 0) is 32.8 Å². The van der Waals surface area contributed by atoms with Crippen LogP contribution in [0.3, 0.4) is 0 Å². The second-order valence-corrected chi connectivity index (χ2v) is 7.09. The second-order valence-electron chi connectivity index (χ2n) is 6.22. The SMILES string of the molecule is Cc1cc(-c2nc(C3(N)CCCC3)no2)c(C)n1-c1nccs1. The topological polar surface area (TPSA) is 82.8 Å². The van der Waals surface area contributed by atoms with Gasteiger partial charge < -0.3 is 10.3 Å². The van der Waals surface area contributed by atoms with Gasteiger partial charge >= 0.3 is 0 Å². The first kappa shape index (κ1) is 14.6. The van der Waals surface area contributed by atoms with Gasteiger partial charge in [0.1, 0.15) is 0 Å². The Morgan fingerprint density at radius 2 is 2.09 bits per heavy atom. The van der Waals surface area contributed by atoms with Gasteiger partial charge in [0.25, 0.3) is 5.89 Å². The number of hydrogen-bond acceptors (Lipinski definition) is 6. The Kier molecular flexibility index (Phi) is 3.35. The van der Waals surface area contributed by atoms with E-state index in [0.29, 0.717) is 11.7 Å². The van der Waals surface area contributed by atoms with Gasteiger partial charge in [-0.25, -0.2) is 4.98 Å². The van der Waals surface area contributed by atoms with Crippen molar-refractivity contribution < 1.29 is 4.52 Å². The molecule has 0 aromatic carbocycles. The van der Waals surface area contributed by atoms with Gasteiger partial charge in [0.15, 0.2) is 11.0 Å². The lowest BCUT2D eigenvalue weighted by atomic mass is 9.99. The van der Waals surface area contributed by atoms with E-state index in [2.05, 4.69) is 32.7 Å². The van der Waals surface area contributed by atoms with Crippen LogP contribution in [0.1, 0.15) is 42.9 Å². The number of nitrogens with two attached hydrogens (primary N) is 1. The number of aryl methyl sites for hydroxylation is 1. The summed E-state index contributed by atoms with van der Waals surface area (Å²) in [5.41, 5.74) is 9.08. The monoisotopic (exact) mass is 329 g/mol. The zero-order valence-electron chi connectivity index (χ0n) is 13.2. The van der Waals surface area contributed by atoms with Crippen LogP contribution in [0.25, 0.3) is 16.6 Å². The summed E-state index contributed by atoms with van der Waals surface area (Å²) in [4.78, 5) is 8.99. The fourth-order valence-electron chi connectivity index (χ4n) is 3.36. The number of nitrogens with zero attached hydrogens (tertiary/aromatic N) is 4. The Hall–Kier alpha value is -1.99. The first-order chi connectivity index (χ1) is 11.1. The molecule has 0 bridgehead atoms. The van der Waals surface area contributed by atoms with Gasteiger partial charge in [-0.1, -0.05) is 18.0 Å². The van der Waals surface area contributed by atoms with E-state index in [1.807, 2.05) is 18.5 Å². The van der Waals surface area contributed by atoms with Crippen molar-refractivity contribution >= 4 is 11.3 Å². The third-order valence-electron chi connectivity index (χ3n) is 4.64. The zero-order valence-corrected chi connectivity index (χ0v) is 14.1. The number of hydrogen-bond donors (Lipinski definition) is 1. The van der Waals surface area contributed by atoms with Crippen molar-refractivity contribution in [1.82, 2.24) is 19.7 Å². The van der Waals surface area contributed by atoms with Crippen LogP contribution in [0, 0.1) is 13.8 Å². The summed E-state index contributed by atoms with van der Waals surface area (Å²) in [6, 6.07) is 2.06. The van der Waals surface area contributed by atoms with Gasteiger partial charge in [-0.2, -0.15) is 4.98 Å². The molecule has 7 heteroatoms. The lowest BCUT2D eigenvalue weighted by Gasteiger charge is -2.17. The molecular formula is C16H19N5OS. The second kappa shape index (κ2) is 5.28. The molecule has 1 aliphatic carbocycles. The quantitative estimate of drug-likeness (QED) is 0.797. The number of thiazole rings is 1. The average Bonchev–Trinajstić information content (AvgIpc) is 3.26. The number of aromatic nitrogens is 4. The van der Waals surface area contributed by atoms with Crippen molar-refractivity contribution in [2.75, 3.05) is 0 Å². The lowest BCUT2D eigenvalue weighted by molar-refractivity contribution is 0.372. The first-order valence-corrected chi connectivity index (χ1v) is 8.69. The molecule has 0 saturated heterocycles. The zero-order chi connectivity index (χ0) is 16.0. The van der Waals surface area contributed by atoms with E-state index < -0.39 is 5.54 Å². The molecule has 0 radical (unpaired) electrons. The Labute approximate surface area is 138 Å². The highest BCUT2D eigenvalue weighted by Gasteiger charge is 2.36. The van der Waals surface area contributed by atoms with Crippen LogP contribution < -0.4 is 5.73 Å². The summed E-state index contributed by atoms with van der Waals surface area (Å²) >= 11 is 1.60. The van der Waals surface area contributed by atoms with Crippen molar-refractivity contribution in [3.05, 3.63) is 34.9 Å². The van der Waals surface area contributed by atoms with Crippen molar-refractivity contribution in [3.8, 4) is 16.6 Å². The maximum Gasteiger partial charge on any atom is 0.259 e. The van der Waals surface area contributed by atoms with Crippen LogP contribution in [-0.4, -0.2) is 19.7 Å². The Morgan fingerprint density at radius 1 is 1.30 bits per heavy atom. The van der Waals surface area contributed by atoms with E-state index in [9.17, 15) is 0 Å². The third-order valence-corrected chi connectivity index (χ3v) is 5.40. The van der Waals surface area contributed by atoms with Gasteiger partial charge in [0.05, 0.1) is 11.1 Å². The van der Waals surface area contributed by atoms with Gasteiger partial charge in [-0.15, -0.1) is 11.3 Å². The highest BCUT2D eigenvalue weighted by atomic mass is 32.1. The molecular weight excluding hydrogens is 310 g/mol. The maximum atomic E-state index is 6.42. The molecule has 120 valence electrons. The normalized spacial score (nSPS) is 17.0. The van der Waals surface area contributed by atoms with Crippen LogP contribution in [-0.2, 0) is 5.54 Å². The van der Waals surface area contributed by atoms with Crippen LogP contribution in [0.5, 0.6) is 0 Å². The van der Waals surface area contributed by atoms with Crippen molar-refractivity contribution in [2.24, 2.45) is 5.73 Å². The minimum Gasteiger partial charge on any atom is -0.334 e. The van der Waals surface area contributed by atoms with E-state index in [-0.39, 0.29) is 0 Å². The smallest absolute Gasteiger partial charge is 0.259 e. The summed E-state index contributed by atoms with van der Waals surface area (Å²) in [6.07, 6.45) is 5.90. The predicted molar refractivity (Wildman–Crippen MR) is 88.5 cm³/mol. The van der Waals surface area contributed by atoms with Crippen molar-refractivity contribution in [1.29, 1.82) is 0 Å². The highest BCUT2D eigenvalue weighted by molar-refractivity contribution is 7.12. The van der Waals surface area contributed by atoms with Gasteiger partial charge in [0.2, 0.25) is 0 Å². The van der Waals surface area contributed by atoms with E-state index in [1.54, 1.807) is 11.3 Å². The highest BCUT2D eigenvalue weighted by Crippen LogP contribution is 2.36. The Balaban J connectivity index is 1.75. The molecule has 1 saturated carbocycles. The average molecular weight is 329 g/mol. The van der Waals surface area contributed by atoms with Crippen LogP contribution >= 0.6 is 11.3 Å². The van der Waals surface area contributed by atoms with Gasteiger partial charge in [0, 0.05) is 23.0 Å². The first-order valence-electron chi connectivity index (χ1n) is 7.81. The molecule has 0 atom stereocenters. The molecule has 0 amide bonds. The van der Waals surface area contributed by atoms with Crippen LogP contribution in [0.15, 0.2) is 22.2 Å². The Bertz CT molecular complexity index is 827. The van der Waals surface area contributed by atoms with Crippen LogP contribution in [0.4, 0.5) is 0 Å². The fraction of sp³-hybridized carbons (Fsp3) is 0.438. The molecule has 3 aromatic heterocycles. The standard InChI is InChI=1S/C16H19N5OS/c1-10-9-12(11(2)21(10)15-18-7-8-23-15)13-19-14(20-22-13)16(17)5-3-4-6-16/h7-9H,3-6,17H2,1-2H3. The summed E-state index contributed by atoms with van der Waals surface area (Å²) in [6.45, 7) is 4.10. The van der Waals surface area contributed by atoms with Gasteiger partial charge in [-0.3, -0.25) is 4.57 Å². The molecule has 0 unspecified atom stereocenters. The maximum absolute atomic E-state index is 6.42. The summed E-state index contributed by atoms with van der Waals surface area (Å²) in [7, 11) is 0. The molecule has 0 aliphatic heterocycles. The molecule has 3 heterocycles. The fourth-order valence-corrected chi connectivity index (χ4v) is 4.12. The van der Waals surface area contributed by atoms with E-state index >= 15 is 0 Å². The summed E-state index contributed by atoms with van der Waals surface area (Å²) in [5.74, 6) is 1.16. The molecule has 1 aliphatic rings. The third kappa shape index (κ3) is 2.31. The van der Waals surface area contributed by atoms with E-state index in [1.165, 1.54) is 0 Å². The molecule has 2 N–H and O–H groups in total. The summed E-state index contributed by atoms with van der Waals surface area (Å²) in [5, 5.41) is 7.07. The molecule has 0 spiro atoms. The van der Waals surface area contributed by atoms with Crippen LogP contribution in [0.2, 0.25) is 0 Å². The molecule has 1 fully saturated rings. The van der Waals surface area contributed by atoms with Crippen molar-refractivity contribution in [2.45, 2.75) is 45.1 Å². The minimum absolute atomic E-state index is 0.428. The molecule has 23 heavy (non-hydrogen) atoms. The van der Waals surface area contributed by atoms with Crippen molar-refractivity contribution in [3.63, 3.8) is 0 Å². The Morgan fingerprint density at radius 3 is 2.78 bits per heavy atom. The van der Waals surface area contributed by atoms with E-state index in [0.717, 1.165) is 47.8 Å². The lowest BCUT2D eigenvalue weighted by Crippen LogP contribution is -2.34. The predicted octanol–water partition coefficient (Wildman–Crippen LogP) is 3.33. The number of rotatable bonds is 3. The summed E-state index contributed by atoms with van der Waals surface area (Å²) < 4.78 is 7.63. The minimum atomic E-state index is -0.428. The largest absolute Gasteiger partial charge is 0.334 e. The van der Waals surface area contributed by atoms with E-state index in [4.69, 9.17) is 10.3 Å². The molecule has 3 aromatic rings. The molecule has 6 nitrogen and oxygen atoms in total.